The summed E-state index contributed by atoms with van der Waals surface area (Å²) >= 11 is 1.13. The summed E-state index contributed by atoms with van der Waals surface area (Å²) in [5.74, 6) is 0.263. The maximum Gasteiger partial charge on any atom is 0.271 e. The summed E-state index contributed by atoms with van der Waals surface area (Å²) in [6, 6.07) is 8.89. The number of carbonyl (C=O) groups is 1. The van der Waals surface area contributed by atoms with Gasteiger partial charge in [-0.25, -0.2) is 8.42 Å². The summed E-state index contributed by atoms with van der Waals surface area (Å²) in [7, 11) is -3.70. The number of carbonyl (C=O) groups excluding carboxylic acids is 1. The zero-order valence-corrected chi connectivity index (χ0v) is 18.8. The Morgan fingerprint density at radius 3 is 2.67 bits per heavy atom. The molecule has 7 nitrogen and oxygen atoms in total. The van der Waals surface area contributed by atoms with E-state index in [-0.39, 0.29) is 10.1 Å². The van der Waals surface area contributed by atoms with Crippen LogP contribution in [0.3, 0.4) is 0 Å². The van der Waals surface area contributed by atoms with Crippen molar-refractivity contribution in [3.05, 3.63) is 57.8 Å². The first-order chi connectivity index (χ1) is 14.2. The molecular formula is C21H23N3O4S2. The number of sulfonamides is 1. The van der Waals surface area contributed by atoms with Crippen LogP contribution in [0.2, 0.25) is 0 Å². The van der Waals surface area contributed by atoms with Crippen LogP contribution >= 0.6 is 11.3 Å². The molecule has 0 aliphatic carbocycles. The number of amides is 1. The van der Waals surface area contributed by atoms with Crippen LogP contribution in [-0.4, -0.2) is 19.5 Å². The first-order valence-electron chi connectivity index (χ1n) is 9.33. The smallest absolute Gasteiger partial charge is 0.271 e. The minimum absolute atomic E-state index is 0.141. The van der Waals surface area contributed by atoms with Gasteiger partial charge in [-0.05, 0) is 62.2 Å². The molecule has 0 aliphatic heterocycles. The molecule has 0 saturated carbocycles. The lowest BCUT2D eigenvalue weighted by Crippen LogP contribution is -2.12. The van der Waals surface area contributed by atoms with Gasteiger partial charge in [0.25, 0.3) is 10.0 Å². The van der Waals surface area contributed by atoms with Crippen molar-refractivity contribution < 1.29 is 17.7 Å². The van der Waals surface area contributed by atoms with Crippen molar-refractivity contribution in [2.45, 2.75) is 38.3 Å². The quantitative estimate of drug-likeness (QED) is 0.534. The second-order valence-electron chi connectivity index (χ2n) is 6.82. The highest BCUT2D eigenvalue weighted by Crippen LogP contribution is 2.28. The van der Waals surface area contributed by atoms with Gasteiger partial charge in [-0.1, -0.05) is 24.2 Å². The van der Waals surface area contributed by atoms with E-state index in [0.29, 0.717) is 29.2 Å². The molecule has 3 aromatic rings. The SMILES string of the molecule is CCC(=O)Nc1c(C)noc1/C=C/c1ccc(S(=O)(=O)Nc2cc(C)ccc2C)s1. The predicted octanol–water partition coefficient (Wildman–Crippen LogP) is 4.98. The largest absolute Gasteiger partial charge is 0.354 e. The number of hydrogen-bond donors (Lipinski definition) is 2. The molecule has 158 valence electrons. The van der Waals surface area contributed by atoms with Gasteiger partial charge < -0.3 is 9.84 Å². The van der Waals surface area contributed by atoms with Crippen molar-refractivity contribution in [2.24, 2.45) is 0 Å². The molecule has 1 aromatic carbocycles. The molecule has 3 rings (SSSR count). The van der Waals surface area contributed by atoms with Gasteiger partial charge in [0.05, 0.1) is 5.69 Å². The van der Waals surface area contributed by atoms with Crippen LogP contribution in [0.25, 0.3) is 12.2 Å². The Hall–Kier alpha value is -2.91. The number of hydrogen-bond acceptors (Lipinski definition) is 6. The molecule has 0 bridgehead atoms. The third kappa shape index (κ3) is 4.98. The number of rotatable bonds is 7. The summed E-state index contributed by atoms with van der Waals surface area (Å²) in [5, 5.41) is 6.64. The molecule has 0 atom stereocenters. The maximum atomic E-state index is 12.8. The fourth-order valence-corrected chi connectivity index (χ4v) is 5.00. The second kappa shape index (κ2) is 8.85. The third-order valence-corrected chi connectivity index (χ3v) is 7.29. The second-order valence-corrected chi connectivity index (χ2v) is 9.85. The number of nitrogens with zero attached hydrogens (tertiary/aromatic N) is 1. The monoisotopic (exact) mass is 445 g/mol. The summed E-state index contributed by atoms with van der Waals surface area (Å²) in [5.41, 5.74) is 3.47. The van der Waals surface area contributed by atoms with Gasteiger partial charge in [0.2, 0.25) is 5.91 Å². The van der Waals surface area contributed by atoms with Crippen molar-refractivity contribution >= 4 is 50.8 Å². The predicted molar refractivity (Wildman–Crippen MR) is 120 cm³/mol. The van der Waals surface area contributed by atoms with E-state index in [1.807, 2.05) is 26.0 Å². The number of aryl methyl sites for hydroxylation is 3. The standard InChI is InChI=1S/C21H23N3O4S2/c1-5-19(25)22-21-15(4)23-28-18(21)10-8-16-9-11-20(29-16)30(26,27)24-17-12-13(2)6-7-14(17)3/h6-12,24H,5H2,1-4H3,(H,22,25)/b10-8+. The summed E-state index contributed by atoms with van der Waals surface area (Å²) in [6.45, 7) is 7.26. The van der Waals surface area contributed by atoms with Crippen LogP contribution in [0.4, 0.5) is 11.4 Å². The number of anilines is 2. The minimum atomic E-state index is -3.70. The molecule has 0 radical (unpaired) electrons. The van der Waals surface area contributed by atoms with Crippen LogP contribution in [0.5, 0.6) is 0 Å². The van der Waals surface area contributed by atoms with Gasteiger partial charge >= 0.3 is 0 Å². The average molecular weight is 446 g/mol. The van der Waals surface area contributed by atoms with E-state index in [0.717, 1.165) is 27.3 Å². The van der Waals surface area contributed by atoms with E-state index >= 15 is 0 Å². The molecule has 1 amide bonds. The molecule has 0 saturated heterocycles. The van der Waals surface area contributed by atoms with Gasteiger partial charge in [0.15, 0.2) is 5.76 Å². The van der Waals surface area contributed by atoms with E-state index in [9.17, 15) is 13.2 Å². The number of benzene rings is 1. The number of thiophene rings is 1. The van der Waals surface area contributed by atoms with E-state index < -0.39 is 10.0 Å². The zero-order chi connectivity index (χ0) is 21.9. The molecule has 0 unspecified atom stereocenters. The molecule has 2 N–H and O–H groups in total. The summed E-state index contributed by atoms with van der Waals surface area (Å²) in [4.78, 5) is 12.4. The molecular weight excluding hydrogens is 422 g/mol. The molecule has 0 fully saturated rings. The van der Waals surface area contributed by atoms with E-state index in [1.165, 1.54) is 0 Å². The summed E-state index contributed by atoms with van der Waals surface area (Å²) < 4.78 is 33.6. The molecule has 2 heterocycles. The number of nitrogens with one attached hydrogen (secondary N) is 2. The Bertz CT molecular complexity index is 1210. The van der Waals surface area contributed by atoms with Crippen LogP contribution in [0.1, 0.15) is 40.8 Å². The average Bonchev–Trinajstić information content (AvgIpc) is 3.31. The molecule has 0 spiro atoms. The van der Waals surface area contributed by atoms with E-state index in [4.69, 9.17) is 4.52 Å². The van der Waals surface area contributed by atoms with Gasteiger partial charge in [0, 0.05) is 11.3 Å². The van der Waals surface area contributed by atoms with Crippen molar-refractivity contribution in [1.29, 1.82) is 0 Å². The highest BCUT2D eigenvalue weighted by atomic mass is 32.2. The van der Waals surface area contributed by atoms with Crippen LogP contribution in [0, 0.1) is 20.8 Å². The maximum absolute atomic E-state index is 12.8. The lowest BCUT2D eigenvalue weighted by Gasteiger charge is -2.10. The Kier molecular flexibility index (Phi) is 6.42. The first-order valence-corrected chi connectivity index (χ1v) is 11.6. The summed E-state index contributed by atoms with van der Waals surface area (Å²) in [6.07, 6.45) is 3.72. The van der Waals surface area contributed by atoms with Gasteiger partial charge in [-0.2, -0.15) is 0 Å². The first kappa shape index (κ1) is 21.8. The van der Waals surface area contributed by atoms with Gasteiger partial charge in [-0.3, -0.25) is 9.52 Å². The molecule has 9 heteroatoms. The topological polar surface area (TPSA) is 101 Å². The minimum Gasteiger partial charge on any atom is -0.354 e. The van der Waals surface area contributed by atoms with Crippen molar-refractivity contribution in [3.8, 4) is 0 Å². The van der Waals surface area contributed by atoms with Crippen molar-refractivity contribution in [2.75, 3.05) is 10.0 Å². The van der Waals surface area contributed by atoms with Crippen LogP contribution < -0.4 is 10.0 Å². The van der Waals surface area contributed by atoms with E-state index in [1.54, 1.807) is 44.2 Å². The highest BCUT2D eigenvalue weighted by molar-refractivity contribution is 7.94. The molecule has 30 heavy (non-hydrogen) atoms. The zero-order valence-electron chi connectivity index (χ0n) is 17.1. The van der Waals surface area contributed by atoms with E-state index in [2.05, 4.69) is 15.2 Å². The third-order valence-electron chi connectivity index (χ3n) is 4.38. The number of aromatic nitrogens is 1. The van der Waals surface area contributed by atoms with Crippen molar-refractivity contribution in [3.63, 3.8) is 0 Å². The lowest BCUT2D eigenvalue weighted by molar-refractivity contribution is -0.115. The normalized spacial score (nSPS) is 11.7. The fraction of sp³-hybridized carbons (Fsp3) is 0.238. The lowest BCUT2D eigenvalue weighted by atomic mass is 10.1. The van der Waals surface area contributed by atoms with Gasteiger partial charge in [-0.15, -0.1) is 11.3 Å². The van der Waals surface area contributed by atoms with Crippen molar-refractivity contribution in [1.82, 2.24) is 5.16 Å². The Morgan fingerprint density at radius 2 is 1.93 bits per heavy atom. The van der Waals surface area contributed by atoms with Gasteiger partial charge in [0.1, 0.15) is 15.6 Å². The van der Waals surface area contributed by atoms with Crippen LogP contribution in [-0.2, 0) is 14.8 Å². The Balaban J connectivity index is 1.80. The molecule has 0 aliphatic rings. The van der Waals surface area contributed by atoms with Crippen LogP contribution in [0.15, 0.2) is 39.1 Å². The Labute approximate surface area is 179 Å². The molecule has 2 aromatic heterocycles. The Morgan fingerprint density at radius 1 is 1.17 bits per heavy atom. The fourth-order valence-electron chi connectivity index (χ4n) is 2.65. The highest BCUT2D eigenvalue weighted by Gasteiger charge is 2.18.